The Labute approximate surface area is 99.3 Å². The van der Waals surface area contributed by atoms with Crippen molar-refractivity contribution >= 4 is 0 Å². The summed E-state index contributed by atoms with van der Waals surface area (Å²) in [6.45, 7) is 10.8. The molecule has 1 heterocycles. The SMILES string of the molecule is CC1(C)CCC(NCCOC2(C)CNC2)C1. The lowest BCUT2D eigenvalue weighted by Gasteiger charge is -2.39. The monoisotopic (exact) mass is 226 g/mol. The second-order valence-electron chi connectivity index (χ2n) is 6.46. The van der Waals surface area contributed by atoms with Gasteiger partial charge in [0.25, 0.3) is 0 Å². The second kappa shape index (κ2) is 4.63. The van der Waals surface area contributed by atoms with E-state index in [9.17, 15) is 0 Å². The van der Waals surface area contributed by atoms with Crippen LogP contribution in [-0.4, -0.2) is 37.9 Å². The maximum absolute atomic E-state index is 5.85. The Bertz CT molecular complexity index is 236. The predicted octanol–water partition coefficient (Wildman–Crippen LogP) is 1.53. The summed E-state index contributed by atoms with van der Waals surface area (Å²) in [7, 11) is 0. The number of hydrogen-bond acceptors (Lipinski definition) is 3. The number of ether oxygens (including phenoxy) is 1. The van der Waals surface area contributed by atoms with Gasteiger partial charge in [0.1, 0.15) is 0 Å². The molecule has 2 N–H and O–H groups in total. The van der Waals surface area contributed by atoms with Crippen LogP contribution >= 0.6 is 0 Å². The van der Waals surface area contributed by atoms with Crippen molar-refractivity contribution in [1.29, 1.82) is 0 Å². The average molecular weight is 226 g/mol. The average Bonchev–Trinajstić information content (AvgIpc) is 2.50. The minimum absolute atomic E-state index is 0.108. The van der Waals surface area contributed by atoms with Crippen LogP contribution in [0.4, 0.5) is 0 Å². The van der Waals surface area contributed by atoms with Gasteiger partial charge in [-0.3, -0.25) is 0 Å². The van der Waals surface area contributed by atoms with Crippen molar-refractivity contribution in [1.82, 2.24) is 10.6 Å². The van der Waals surface area contributed by atoms with Gasteiger partial charge in [-0.15, -0.1) is 0 Å². The first-order chi connectivity index (χ1) is 7.49. The van der Waals surface area contributed by atoms with Crippen LogP contribution in [0, 0.1) is 5.41 Å². The molecule has 2 rings (SSSR count). The first kappa shape index (κ1) is 12.3. The topological polar surface area (TPSA) is 33.3 Å². The van der Waals surface area contributed by atoms with Gasteiger partial charge in [0.2, 0.25) is 0 Å². The van der Waals surface area contributed by atoms with Gasteiger partial charge >= 0.3 is 0 Å². The third kappa shape index (κ3) is 3.19. The molecular weight excluding hydrogens is 200 g/mol. The van der Waals surface area contributed by atoms with Gasteiger partial charge in [0.05, 0.1) is 12.2 Å². The van der Waals surface area contributed by atoms with E-state index in [1.54, 1.807) is 0 Å². The molecule has 0 spiro atoms. The molecule has 1 aliphatic carbocycles. The van der Waals surface area contributed by atoms with Gasteiger partial charge in [-0.05, 0) is 31.6 Å². The lowest BCUT2D eigenvalue weighted by molar-refractivity contribution is -0.0652. The second-order valence-corrected chi connectivity index (χ2v) is 6.46. The summed E-state index contributed by atoms with van der Waals surface area (Å²) < 4.78 is 5.85. The van der Waals surface area contributed by atoms with Crippen molar-refractivity contribution in [2.45, 2.75) is 51.7 Å². The van der Waals surface area contributed by atoms with Crippen LogP contribution in [-0.2, 0) is 4.74 Å². The van der Waals surface area contributed by atoms with E-state index < -0.39 is 0 Å². The largest absolute Gasteiger partial charge is 0.371 e. The Morgan fingerprint density at radius 3 is 2.56 bits per heavy atom. The summed E-state index contributed by atoms with van der Waals surface area (Å²) in [6.07, 6.45) is 3.99. The maximum Gasteiger partial charge on any atom is 0.0902 e. The van der Waals surface area contributed by atoms with Gasteiger partial charge in [0, 0.05) is 25.7 Å². The molecule has 0 amide bonds. The molecule has 2 aliphatic rings. The summed E-state index contributed by atoms with van der Waals surface area (Å²) in [5.41, 5.74) is 0.652. The molecule has 0 radical (unpaired) electrons. The van der Waals surface area contributed by atoms with Crippen LogP contribution in [0.2, 0.25) is 0 Å². The molecule has 0 aromatic rings. The molecule has 2 fully saturated rings. The Hall–Kier alpha value is -0.120. The van der Waals surface area contributed by atoms with Gasteiger partial charge in [-0.1, -0.05) is 13.8 Å². The van der Waals surface area contributed by atoms with E-state index in [0.29, 0.717) is 11.5 Å². The third-order valence-corrected chi connectivity index (χ3v) is 3.95. The fourth-order valence-corrected chi connectivity index (χ4v) is 2.75. The Morgan fingerprint density at radius 1 is 1.31 bits per heavy atom. The molecule has 1 saturated carbocycles. The minimum atomic E-state index is 0.108. The van der Waals surface area contributed by atoms with Gasteiger partial charge in [-0.25, -0.2) is 0 Å². The molecule has 1 saturated heterocycles. The Morgan fingerprint density at radius 2 is 2.06 bits per heavy atom. The predicted molar refractivity (Wildman–Crippen MR) is 66.6 cm³/mol. The molecular formula is C13H26N2O. The van der Waals surface area contributed by atoms with Crippen molar-refractivity contribution in [3.8, 4) is 0 Å². The molecule has 0 aromatic carbocycles. The highest BCUT2D eigenvalue weighted by molar-refractivity contribution is 4.90. The van der Waals surface area contributed by atoms with Crippen LogP contribution in [0.1, 0.15) is 40.0 Å². The highest BCUT2D eigenvalue weighted by atomic mass is 16.5. The van der Waals surface area contributed by atoms with Crippen molar-refractivity contribution in [2.75, 3.05) is 26.2 Å². The van der Waals surface area contributed by atoms with Gasteiger partial charge in [-0.2, -0.15) is 0 Å². The van der Waals surface area contributed by atoms with Crippen LogP contribution < -0.4 is 10.6 Å². The van der Waals surface area contributed by atoms with E-state index in [4.69, 9.17) is 4.74 Å². The zero-order chi connectivity index (χ0) is 11.6. The quantitative estimate of drug-likeness (QED) is 0.698. The Balaban J connectivity index is 1.55. The molecule has 1 aliphatic heterocycles. The lowest BCUT2D eigenvalue weighted by Crippen LogP contribution is -2.59. The lowest BCUT2D eigenvalue weighted by atomic mass is 9.92. The first-order valence-corrected chi connectivity index (χ1v) is 6.57. The first-order valence-electron chi connectivity index (χ1n) is 6.57. The van der Waals surface area contributed by atoms with E-state index in [-0.39, 0.29) is 5.60 Å². The van der Waals surface area contributed by atoms with Crippen molar-refractivity contribution in [2.24, 2.45) is 5.41 Å². The van der Waals surface area contributed by atoms with E-state index in [2.05, 4.69) is 31.4 Å². The summed E-state index contributed by atoms with van der Waals surface area (Å²) in [4.78, 5) is 0. The molecule has 3 nitrogen and oxygen atoms in total. The Kier molecular flexibility index (Phi) is 3.57. The fourth-order valence-electron chi connectivity index (χ4n) is 2.75. The summed E-state index contributed by atoms with van der Waals surface area (Å²) in [5.74, 6) is 0. The van der Waals surface area contributed by atoms with Crippen LogP contribution in [0.25, 0.3) is 0 Å². The number of nitrogens with one attached hydrogen (secondary N) is 2. The highest BCUT2D eigenvalue weighted by Gasteiger charge is 2.33. The van der Waals surface area contributed by atoms with E-state index in [1.165, 1.54) is 19.3 Å². The van der Waals surface area contributed by atoms with E-state index in [1.807, 2.05) is 0 Å². The van der Waals surface area contributed by atoms with Crippen LogP contribution in [0.3, 0.4) is 0 Å². The summed E-state index contributed by atoms with van der Waals surface area (Å²) >= 11 is 0. The van der Waals surface area contributed by atoms with Crippen molar-refractivity contribution in [3.05, 3.63) is 0 Å². The fraction of sp³-hybridized carbons (Fsp3) is 1.00. The van der Waals surface area contributed by atoms with Crippen molar-refractivity contribution < 1.29 is 4.74 Å². The smallest absolute Gasteiger partial charge is 0.0902 e. The number of hydrogen-bond donors (Lipinski definition) is 2. The van der Waals surface area contributed by atoms with Gasteiger partial charge in [0.15, 0.2) is 0 Å². The molecule has 0 aromatic heterocycles. The minimum Gasteiger partial charge on any atom is -0.371 e. The summed E-state index contributed by atoms with van der Waals surface area (Å²) in [5, 5.41) is 6.86. The van der Waals surface area contributed by atoms with E-state index in [0.717, 1.165) is 26.2 Å². The normalized spacial score (nSPS) is 31.3. The molecule has 1 atom stereocenters. The zero-order valence-electron chi connectivity index (χ0n) is 10.9. The maximum atomic E-state index is 5.85. The van der Waals surface area contributed by atoms with Crippen LogP contribution in [0.15, 0.2) is 0 Å². The van der Waals surface area contributed by atoms with E-state index >= 15 is 0 Å². The molecule has 94 valence electrons. The standard InChI is InChI=1S/C13H26N2O/c1-12(2)5-4-11(8-12)15-6-7-16-13(3)9-14-10-13/h11,14-15H,4-10H2,1-3H3. The molecule has 0 bridgehead atoms. The summed E-state index contributed by atoms with van der Waals surface area (Å²) in [6, 6.07) is 0.714. The van der Waals surface area contributed by atoms with Crippen molar-refractivity contribution in [3.63, 3.8) is 0 Å². The van der Waals surface area contributed by atoms with Gasteiger partial charge < -0.3 is 15.4 Å². The zero-order valence-corrected chi connectivity index (χ0v) is 10.9. The molecule has 3 heteroatoms. The van der Waals surface area contributed by atoms with Crippen LogP contribution in [0.5, 0.6) is 0 Å². The highest BCUT2D eigenvalue weighted by Crippen LogP contribution is 2.36. The number of rotatable bonds is 5. The third-order valence-electron chi connectivity index (χ3n) is 3.95. The molecule has 16 heavy (non-hydrogen) atoms. The molecule has 1 unspecified atom stereocenters.